The van der Waals surface area contributed by atoms with Crippen LogP contribution in [0.25, 0.3) is 0 Å². The molecule has 3 saturated heterocycles. The molecule has 8 nitrogen and oxygen atoms in total. The van der Waals surface area contributed by atoms with Gasteiger partial charge in [0, 0.05) is 30.1 Å². The number of methoxy groups -OCH3 is 1. The summed E-state index contributed by atoms with van der Waals surface area (Å²) in [7, 11) is 1.57. The third-order valence-electron chi connectivity index (χ3n) is 7.30. The molecule has 0 radical (unpaired) electrons. The second kappa shape index (κ2) is 8.68. The average molecular weight is 475 g/mol. The minimum Gasteiger partial charge on any atom is -0.497 e. The number of rotatable bonds is 9. The minimum atomic E-state index is -0.988. The van der Waals surface area contributed by atoms with Crippen molar-refractivity contribution in [3.05, 3.63) is 36.9 Å². The van der Waals surface area contributed by atoms with Gasteiger partial charge in [-0.2, -0.15) is 0 Å². The van der Waals surface area contributed by atoms with Crippen molar-refractivity contribution in [3.8, 4) is 5.75 Å². The molecule has 1 aromatic rings. The van der Waals surface area contributed by atoms with E-state index in [1.165, 1.54) is 16.7 Å². The smallest absolute Gasteiger partial charge is 0.308 e. The van der Waals surface area contributed by atoms with Crippen molar-refractivity contribution in [2.75, 3.05) is 31.7 Å². The van der Waals surface area contributed by atoms with Crippen molar-refractivity contribution >= 4 is 35.2 Å². The van der Waals surface area contributed by atoms with Crippen LogP contribution in [0.4, 0.5) is 5.69 Å². The Morgan fingerprint density at radius 2 is 2.03 bits per heavy atom. The first kappa shape index (κ1) is 23.6. The van der Waals surface area contributed by atoms with E-state index in [-0.39, 0.29) is 31.5 Å². The number of carboxylic acids is 1. The van der Waals surface area contributed by atoms with E-state index in [1.54, 1.807) is 42.4 Å². The van der Waals surface area contributed by atoms with E-state index >= 15 is 0 Å². The number of nitrogens with zero attached hydrogens (tertiary/aromatic N) is 2. The monoisotopic (exact) mass is 474 g/mol. The molecular formula is C24H30N2O6S. The molecule has 3 heterocycles. The number of likely N-dealkylation sites (tertiary alicyclic amines) is 1. The number of fused-ring (bicyclic) bond motifs is 1. The lowest BCUT2D eigenvalue weighted by Crippen LogP contribution is -2.55. The number of aliphatic carboxylic acids is 1. The van der Waals surface area contributed by atoms with Gasteiger partial charge in [-0.25, -0.2) is 0 Å². The van der Waals surface area contributed by atoms with E-state index < -0.39 is 33.3 Å². The molecule has 2 unspecified atom stereocenters. The number of carbonyl (C=O) groups is 3. The van der Waals surface area contributed by atoms with E-state index in [2.05, 4.69) is 6.58 Å². The van der Waals surface area contributed by atoms with E-state index in [1.807, 2.05) is 6.92 Å². The fourth-order valence-electron chi connectivity index (χ4n) is 5.92. The highest BCUT2D eigenvalue weighted by Crippen LogP contribution is 2.71. The van der Waals surface area contributed by atoms with Crippen molar-refractivity contribution in [1.82, 2.24) is 4.90 Å². The number of amides is 2. The van der Waals surface area contributed by atoms with Crippen molar-refractivity contribution in [1.29, 1.82) is 0 Å². The Balaban J connectivity index is 1.78. The molecule has 5 atom stereocenters. The summed E-state index contributed by atoms with van der Waals surface area (Å²) in [6.45, 7) is 6.03. The van der Waals surface area contributed by atoms with E-state index in [0.717, 1.165) is 0 Å². The Morgan fingerprint density at radius 3 is 2.61 bits per heavy atom. The van der Waals surface area contributed by atoms with Gasteiger partial charge in [-0.3, -0.25) is 14.4 Å². The fraction of sp³-hybridized carbons (Fsp3) is 0.542. The maximum Gasteiger partial charge on any atom is 0.308 e. The van der Waals surface area contributed by atoms with Crippen LogP contribution in [-0.2, 0) is 14.4 Å². The van der Waals surface area contributed by atoms with Crippen molar-refractivity contribution in [2.45, 2.75) is 41.7 Å². The van der Waals surface area contributed by atoms with Gasteiger partial charge < -0.3 is 24.7 Å². The molecule has 3 aliphatic rings. The summed E-state index contributed by atoms with van der Waals surface area (Å²) in [6.07, 6.45) is 3.19. The van der Waals surface area contributed by atoms with Gasteiger partial charge in [0.15, 0.2) is 0 Å². The zero-order valence-corrected chi connectivity index (χ0v) is 19.7. The first-order valence-corrected chi connectivity index (χ1v) is 12.0. The molecule has 4 rings (SSSR count). The highest BCUT2D eigenvalue weighted by Gasteiger charge is 2.77. The van der Waals surface area contributed by atoms with Crippen LogP contribution in [0.5, 0.6) is 5.75 Å². The predicted octanol–water partition coefficient (Wildman–Crippen LogP) is 2.16. The average Bonchev–Trinajstić information content (AvgIpc) is 3.36. The largest absolute Gasteiger partial charge is 0.497 e. The third-order valence-corrected chi connectivity index (χ3v) is 9.28. The normalized spacial score (nSPS) is 32.0. The Labute approximate surface area is 197 Å². The molecule has 33 heavy (non-hydrogen) atoms. The van der Waals surface area contributed by atoms with Gasteiger partial charge in [0.05, 0.1) is 23.7 Å². The van der Waals surface area contributed by atoms with Crippen LogP contribution >= 0.6 is 11.8 Å². The quantitative estimate of drug-likeness (QED) is 0.528. The Hall–Kier alpha value is -2.52. The third kappa shape index (κ3) is 3.52. The standard InChI is InChI=1S/C24H30N2O6S/c1-4-12-25(15-6-8-16(32-3)9-7-15)21(29)19-24-11-10-23(2,33-24)18(22(30)31)17(24)20(28)26(19)13-5-14-27/h4,6-9,17-19,27H,1,5,10-14H2,2-3H3,(H,30,31)/t17-,18-,19?,23+,24?/m0/s1. The molecule has 2 bridgehead atoms. The summed E-state index contributed by atoms with van der Waals surface area (Å²) in [4.78, 5) is 43.1. The first-order chi connectivity index (χ1) is 15.7. The van der Waals surface area contributed by atoms with Crippen LogP contribution in [0.1, 0.15) is 26.2 Å². The summed E-state index contributed by atoms with van der Waals surface area (Å²) < 4.78 is 3.84. The van der Waals surface area contributed by atoms with Crippen molar-refractivity contribution in [2.24, 2.45) is 11.8 Å². The lowest BCUT2D eigenvalue weighted by atomic mass is 9.66. The van der Waals surface area contributed by atoms with E-state index in [4.69, 9.17) is 4.74 Å². The predicted molar refractivity (Wildman–Crippen MR) is 125 cm³/mol. The van der Waals surface area contributed by atoms with Gasteiger partial charge in [0.25, 0.3) is 5.91 Å². The zero-order chi connectivity index (χ0) is 24.0. The zero-order valence-electron chi connectivity index (χ0n) is 18.9. The summed E-state index contributed by atoms with van der Waals surface area (Å²) in [5, 5.41) is 19.4. The number of ether oxygens (including phenoxy) is 1. The van der Waals surface area contributed by atoms with Crippen LogP contribution in [-0.4, -0.2) is 75.2 Å². The molecule has 1 spiro atoms. The van der Waals surface area contributed by atoms with Gasteiger partial charge in [-0.05, 0) is 50.5 Å². The highest BCUT2D eigenvalue weighted by molar-refractivity contribution is 8.02. The van der Waals surface area contributed by atoms with Crippen molar-refractivity contribution in [3.63, 3.8) is 0 Å². The Bertz CT molecular complexity index is 968. The van der Waals surface area contributed by atoms with E-state index in [0.29, 0.717) is 30.7 Å². The fourth-order valence-corrected chi connectivity index (χ4v) is 8.27. The Morgan fingerprint density at radius 1 is 1.33 bits per heavy atom. The number of anilines is 1. The second-order valence-electron chi connectivity index (χ2n) is 9.11. The molecule has 2 amide bonds. The summed E-state index contributed by atoms with van der Waals surface area (Å²) >= 11 is 1.50. The van der Waals surface area contributed by atoms with Crippen LogP contribution in [0.15, 0.2) is 36.9 Å². The second-order valence-corrected chi connectivity index (χ2v) is 11.0. The maximum absolute atomic E-state index is 14.1. The SMILES string of the molecule is C=CCN(C(=O)C1N(CCCO)C(=O)[C@@H]2[C@@H](C(=O)O)[C@@]3(C)CCC12S3)c1ccc(OC)cc1. The van der Waals surface area contributed by atoms with Gasteiger partial charge in [-0.15, -0.1) is 18.3 Å². The van der Waals surface area contributed by atoms with E-state index in [9.17, 15) is 24.6 Å². The number of aliphatic hydroxyl groups excluding tert-OH is 1. The lowest BCUT2D eigenvalue weighted by molar-refractivity contribution is -0.150. The van der Waals surface area contributed by atoms with Crippen LogP contribution < -0.4 is 9.64 Å². The molecule has 0 saturated carbocycles. The molecule has 3 aliphatic heterocycles. The Kier molecular flexibility index (Phi) is 6.22. The molecule has 9 heteroatoms. The summed E-state index contributed by atoms with van der Waals surface area (Å²) in [6, 6.07) is 6.29. The summed E-state index contributed by atoms with van der Waals surface area (Å²) in [5.74, 6) is -2.47. The minimum absolute atomic E-state index is 0.121. The van der Waals surface area contributed by atoms with Crippen LogP contribution in [0.2, 0.25) is 0 Å². The maximum atomic E-state index is 14.1. The number of aliphatic hydroxyl groups is 1. The molecule has 0 aromatic heterocycles. The molecule has 1 aromatic carbocycles. The van der Waals surface area contributed by atoms with Gasteiger partial charge in [0.1, 0.15) is 11.8 Å². The van der Waals surface area contributed by atoms with Crippen molar-refractivity contribution < 1.29 is 29.3 Å². The number of thioether (sulfide) groups is 1. The number of hydrogen-bond donors (Lipinski definition) is 2. The number of hydrogen-bond acceptors (Lipinski definition) is 6. The topological polar surface area (TPSA) is 107 Å². The van der Waals surface area contributed by atoms with Crippen LogP contribution in [0, 0.1) is 11.8 Å². The molecule has 2 N–H and O–H groups in total. The summed E-state index contributed by atoms with van der Waals surface area (Å²) in [5.41, 5.74) is 0.647. The van der Waals surface area contributed by atoms with Gasteiger partial charge in [-0.1, -0.05) is 6.08 Å². The van der Waals surface area contributed by atoms with Crippen LogP contribution in [0.3, 0.4) is 0 Å². The van der Waals surface area contributed by atoms with Gasteiger partial charge >= 0.3 is 5.97 Å². The number of carbonyl (C=O) groups excluding carboxylic acids is 2. The lowest BCUT2D eigenvalue weighted by Gasteiger charge is -2.37. The first-order valence-electron chi connectivity index (χ1n) is 11.1. The molecular weight excluding hydrogens is 444 g/mol. The highest BCUT2D eigenvalue weighted by atomic mass is 32.2. The van der Waals surface area contributed by atoms with Gasteiger partial charge in [0.2, 0.25) is 5.91 Å². The molecule has 3 fully saturated rings. The number of carboxylic acid groups (broad SMARTS) is 1. The molecule has 0 aliphatic carbocycles. The number of benzene rings is 1. The molecule has 178 valence electrons.